The van der Waals surface area contributed by atoms with Crippen LogP contribution >= 0.6 is 0 Å². The van der Waals surface area contributed by atoms with Crippen LogP contribution in [0.25, 0.3) is 0 Å². The van der Waals surface area contributed by atoms with Crippen molar-refractivity contribution in [2.24, 2.45) is 0 Å². The zero-order valence-electron chi connectivity index (χ0n) is 11.8. The highest BCUT2D eigenvalue weighted by Gasteiger charge is 2.19. The maximum absolute atomic E-state index is 5.29. The Morgan fingerprint density at radius 1 is 1.39 bits per heavy atom. The number of methoxy groups -OCH3 is 1. The van der Waals surface area contributed by atoms with Crippen molar-refractivity contribution >= 4 is 0 Å². The van der Waals surface area contributed by atoms with Crippen molar-refractivity contribution in [3.05, 3.63) is 17.2 Å². The number of aromatic nitrogens is 2. The number of hydrogen-bond acceptors (Lipinski definition) is 3. The molecular formula is C14H25N3O. The highest BCUT2D eigenvalue weighted by atomic mass is 16.5. The van der Waals surface area contributed by atoms with Crippen molar-refractivity contribution in [3.63, 3.8) is 0 Å². The number of ether oxygens (including phenoxy) is 1. The van der Waals surface area contributed by atoms with E-state index in [4.69, 9.17) is 9.72 Å². The molecule has 0 fully saturated rings. The number of likely N-dealkylation sites (N-methyl/N-ethyl adjacent to an activating group) is 1. The van der Waals surface area contributed by atoms with Gasteiger partial charge in [-0.1, -0.05) is 6.92 Å². The molecule has 0 bridgehead atoms. The maximum Gasteiger partial charge on any atom is 0.106 e. The first-order valence-electron chi connectivity index (χ1n) is 7.03. The number of nitrogens with one attached hydrogen (secondary N) is 1. The lowest BCUT2D eigenvalue weighted by molar-refractivity contribution is 0.158. The Kier molecular flexibility index (Phi) is 4.78. The molecule has 4 heteroatoms. The van der Waals surface area contributed by atoms with E-state index in [1.165, 1.54) is 30.7 Å². The van der Waals surface area contributed by atoms with E-state index in [9.17, 15) is 0 Å². The first-order valence-corrected chi connectivity index (χ1v) is 7.03. The zero-order valence-corrected chi connectivity index (χ0v) is 11.8. The van der Waals surface area contributed by atoms with Gasteiger partial charge in [0.2, 0.25) is 0 Å². The summed E-state index contributed by atoms with van der Waals surface area (Å²) in [5.41, 5.74) is 2.78. The largest absolute Gasteiger partial charge is 0.383 e. The van der Waals surface area contributed by atoms with Crippen molar-refractivity contribution in [1.82, 2.24) is 14.9 Å². The molecule has 1 atom stereocenters. The van der Waals surface area contributed by atoms with E-state index in [2.05, 4.69) is 23.7 Å². The number of imidazole rings is 1. The summed E-state index contributed by atoms with van der Waals surface area (Å²) in [5.74, 6) is 1.15. The topological polar surface area (TPSA) is 39.1 Å². The molecule has 0 radical (unpaired) electrons. The van der Waals surface area contributed by atoms with Crippen LogP contribution in [0.2, 0.25) is 0 Å². The zero-order chi connectivity index (χ0) is 13.0. The molecule has 1 N–H and O–H groups in total. The number of nitrogens with zero attached hydrogens (tertiary/aromatic N) is 2. The average Bonchev–Trinajstić information content (AvgIpc) is 2.67. The van der Waals surface area contributed by atoms with Crippen LogP contribution < -0.4 is 5.32 Å². The third-order valence-electron chi connectivity index (χ3n) is 3.69. The van der Waals surface area contributed by atoms with Gasteiger partial charge in [-0.2, -0.15) is 0 Å². The molecule has 1 heterocycles. The second-order valence-electron chi connectivity index (χ2n) is 5.08. The molecule has 1 aliphatic rings. The summed E-state index contributed by atoms with van der Waals surface area (Å²) in [5, 5.41) is 3.48. The smallest absolute Gasteiger partial charge is 0.106 e. The second kappa shape index (κ2) is 6.34. The third-order valence-corrected chi connectivity index (χ3v) is 3.69. The van der Waals surface area contributed by atoms with Gasteiger partial charge in [0.1, 0.15) is 5.82 Å². The van der Waals surface area contributed by atoms with E-state index in [0.29, 0.717) is 6.04 Å². The van der Waals surface area contributed by atoms with E-state index >= 15 is 0 Å². The van der Waals surface area contributed by atoms with Gasteiger partial charge in [0.25, 0.3) is 0 Å². The Labute approximate surface area is 110 Å². The van der Waals surface area contributed by atoms with Crippen molar-refractivity contribution < 1.29 is 4.74 Å². The van der Waals surface area contributed by atoms with Crippen LogP contribution in [0.4, 0.5) is 0 Å². The number of aryl methyl sites for hydroxylation is 2. The van der Waals surface area contributed by atoms with Crippen LogP contribution in [0.3, 0.4) is 0 Å². The molecule has 0 spiro atoms. The summed E-state index contributed by atoms with van der Waals surface area (Å²) < 4.78 is 7.68. The summed E-state index contributed by atoms with van der Waals surface area (Å²) in [4.78, 5) is 4.72. The van der Waals surface area contributed by atoms with Crippen molar-refractivity contribution in [1.29, 1.82) is 0 Å². The van der Waals surface area contributed by atoms with E-state index in [0.717, 1.165) is 31.9 Å². The number of fused-ring (bicyclic) bond motifs is 1. The van der Waals surface area contributed by atoms with Gasteiger partial charge in [-0.25, -0.2) is 4.98 Å². The predicted molar refractivity (Wildman–Crippen MR) is 72.9 cm³/mol. The van der Waals surface area contributed by atoms with Crippen LogP contribution in [0.5, 0.6) is 0 Å². The molecule has 102 valence electrons. The van der Waals surface area contributed by atoms with Crippen LogP contribution in [0, 0.1) is 6.92 Å². The van der Waals surface area contributed by atoms with Crippen LogP contribution in [0.15, 0.2) is 0 Å². The molecule has 1 aromatic rings. The molecular weight excluding hydrogens is 226 g/mol. The van der Waals surface area contributed by atoms with Crippen molar-refractivity contribution in [3.8, 4) is 0 Å². The predicted octanol–water partition coefficient (Wildman–Crippen LogP) is 1.69. The van der Waals surface area contributed by atoms with Crippen LogP contribution in [-0.4, -0.2) is 35.9 Å². The fraction of sp³-hybridized carbons (Fsp3) is 0.786. The molecule has 0 aromatic carbocycles. The van der Waals surface area contributed by atoms with Gasteiger partial charge >= 0.3 is 0 Å². The molecule has 0 saturated carbocycles. The fourth-order valence-corrected chi connectivity index (χ4v) is 2.86. The fourth-order valence-electron chi connectivity index (χ4n) is 2.86. The van der Waals surface area contributed by atoms with Gasteiger partial charge < -0.3 is 14.6 Å². The first-order chi connectivity index (χ1) is 8.76. The Hall–Kier alpha value is -0.870. The average molecular weight is 251 g/mol. The maximum atomic E-state index is 5.29. The molecule has 18 heavy (non-hydrogen) atoms. The summed E-state index contributed by atoms with van der Waals surface area (Å²) in [6.45, 7) is 6.95. The van der Waals surface area contributed by atoms with Gasteiger partial charge in [-0.3, -0.25) is 0 Å². The van der Waals surface area contributed by atoms with Gasteiger partial charge in [0.05, 0.1) is 12.3 Å². The minimum atomic E-state index is 0.374. The minimum Gasteiger partial charge on any atom is -0.383 e. The quantitative estimate of drug-likeness (QED) is 0.836. The van der Waals surface area contributed by atoms with E-state index < -0.39 is 0 Å². The highest BCUT2D eigenvalue weighted by Crippen LogP contribution is 2.22. The first kappa shape index (κ1) is 13.6. The second-order valence-corrected chi connectivity index (χ2v) is 5.08. The molecule has 0 saturated heterocycles. The van der Waals surface area contributed by atoms with E-state index in [1.54, 1.807) is 7.11 Å². The number of rotatable bonds is 6. The Morgan fingerprint density at radius 3 is 2.89 bits per heavy atom. The molecule has 2 rings (SSSR count). The minimum absolute atomic E-state index is 0.374. The van der Waals surface area contributed by atoms with Gasteiger partial charge in [-0.05, 0) is 39.2 Å². The summed E-state index contributed by atoms with van der Waals surface area (Å²) in [6.07, 6.45) is 4.92. The summed E-state index contributed by atoms with van der Waals surface area (Å²) in [6, 6.07) is 0.374. The Bertz CT molecular complexity index is 381. The third kappa shape index (κ3) is 2.93. The molecule has 1 unspecified atom stereocenters. The Morgan fingerprint density at radius 2 is 2.17 bits per heavy atom. The Balaban J connectivity index is 2.14. The van der Waals surface area contributed by atoms with Gasteiger partial charge in [-0.15, -0.1) is 0 Å². The molecule has 0 amide bonds. The van der Waals surface area contributed by atoms with Gasteiger partial charge in [0, 0.05) is 25.4 Å². The monoisotopic (exact) mass is 251 g/mol. The summed E-state index contributed by atoms with van der Waals surface area (Å²) in [7, 11) is 1.76. The lowest BCUT2D eigenvalue weighted by Crippen LogP contribution is -2.37. The molecule has 1 aromatic heterocycles. The normalized spacial score (nSPS) is 16.6. The molecule has 0 aliphatic heterocycles. The lowest BCUT2D eigenvalue weighted by Gasteiger charge is -2.21. The lowest BCUT2D eigenvalue weighted by atomic mass is 10.0. The van der Waals surface area contributed by atoms with Crippen LogP contribution in [-0.2, 0) is 24.1 Å². The van der Waals surface area contributed by atoms with Gasteiger partial charge in [0.15, 0.2) is 0 Å². The van der Waals surface area contributed by atoms with Crippen molar-refractivity contribution in [2.75, 3.05) is 20.3 Å². The van der Waals surface area contributed by atoms with E-state index in [-0.39, 0.29) is 0 Å². The SMILES string of the molecule is CCNC(COC)Cn1c(C)nc2c1CCCC2. The standard InChI is InChI=1S/C14H25N3O/c1-4-15-12(10-18-3)9-17-11(2)16-13-7-5-6-8-14(13)17/h12,15H,4-10H2,1-3H3. The highest BCUT2D eigenvalue weighted by molar-refractivity contribution is 5.20. The van der Waals surface area contributed by atoms with Crippen LogP contribution in [0.1, 0.15) is 37.0 Å². The van der Waals surface area contributed by atoms with E-state index in [1.807, 2.05) is 0 Å². The molecule has 1 aliphatic carbocycles. The summed E-state index contributed by atoms with van der Waals surface area (Å²) >= 11 is 0. The molecule has 4 nitrogen and oxygen atoms in total. The van der Waals surface area contributed by atoms with Crippen molar-refractivity contribution in [2.45, 2.75) is 52.1 Å². The number of hydrogen-bond donors (Lipinski definition) is 1.